The van der Waals surface area contributed by atoms with Gasteiger partial charge in [-0.3, -0.25) is 14.4 Å². The van der Waals surface area contributed by atoms with Crippen molar-refractivity contribution >= 4 is 44.2 Å². The van der Waals surface area contributed by atoms with Gasteiger partial charge in [0.25, 0.3) is 11.5 Å². The molecule has 7 nitrogen and oxygen atoms in total. The molecule has 0 bridgehead atoms. The number of amides is 2. The molecule has 0 aliphatic heterocycles. The number of anilines is 1. The largest absolute Gasteiger partial charge is 0.354 e. The molecule has 0 spiro atoms. The van der Waals surface area contributed by atoms with Crippen LogP contribution in [0.3, 0.4) is 0 Å². The summed E-state index contributed by atoms with van der Waals surface area (Å²) >= 11 is 3.33. The summed E-state index contributed by atoms with van der Waals surface area (Å²) in [6, 6.07) is 13.8. The molecular formula is C18H15BrN4O3. The Kier molecular flexibility index (Phi) is 5.13. The minimum Gasteiger partial charge on any atom is -0.354 e. The third-order valence-electron chi connectivity index (χ3n) is 3.71. The van der Waals surface area contributed by atoms with Crippen molar-refractivity contribution in [1.29, 1.82) is 0 Å². The number of benzene rings is 2. The summed E-state index contributed by atoms with van der Waals surface area (Å²) in [4.78, 5) is 37.0. The Morgan fingerprint density at radius 2 is 1.85 bits per heavy atom. The number of hydrogen-bond donors (Lipinski definition) is 2. The van der Waals surface area contributed by atoms with Crippen molar-refractivity contribution < 1.29 is 9.59 Å². The molecule has 0 aliphatic carbocycles. The van der Waals surface area contributed by atoms with E-state index in [0.717, 1.165) is 9.15 Å². The van der Waals surface area contributed by atoms with Gasteiger partial charge in [0.15, 0.2) is 5.69 Å². The third-order valence-corrected chi connectivity index (χ3v) is 4.20. The van der Waals surface area contributed by atoms with Crippen molar-refractivity contribution in [2.24, 2.45) is 0 Å². The monoisotopic (exact) mass is 414 g/mol. The molecule has 0 aliphatic rings. The van der Waals surface area contributed by atoms with Gasteiger partial charge in [0.2, 0.25) is 5.91 Å². The van der Waals surface area contributed by atoms with Crippen LogP contribution in [0, 0.1) is 0 Å². The first kappa shape index (κ1) is 17.8. The molecule has 2 N–H and O–H groups in total. The van der Waals surface area contributed by atoms with E-state index in [-0.39, 0.29) is 12.2 Å². The summed E-state index contributed by atoms with van der Waals surface area (Å²) in [6.07, 6.45) is 0. The van der Waals surface area contributed by atoms with E-state index < -0.39 is 17.4 Å². The van der Waals surface area contributed by atoms with Crippen LogP contribution in [0.4, 0.5) is 5.69 Å². The zero-order valence-electron chi connectivity index (χ0n) is 13.8. The number of nitrogens with zero attached hydrogens (tertiary/aromatic N) is 2. The molecule has 2 amide bonds. The van der Waals surface area contributed by atoms with E-state index in [1.165, 1.54) is 7.05 Å². The molecule has 0 saturated heterocycles. The molecule has 2 aromatic carbocycles. The first-order chi connectivity index (χ1) is 12.5. The molecule has 3 rings (SSSR count). The van der Waals surface area contributed by atoms with Crippen LogP contribution in [-0.4, -0.2) is 28.6 Å². The number of hydrogen-bond acceptors (Lipinski definition) is 4. The molecule has 0 unspecified atom stereocenters. The number of carbonyl (C=O) groups is 2. The first-order valence-electron chi connectivity index (χ1n) is 7.77. The number of nitrogens with one attached hydrogen (secondary N) is 2. The highest BCUT2D eigenvalue weighted by atomic mass is 79.9. The fraction of sp³-hybridized carbons (Fsp3) is 0.111. The second-order valence-electron chi connectivity index (χ2n) is 5.49. The summed E-state index contributed by atoms with van der Waals surface area (Å²) in [6.45, 7) is -0.305. The van der Waals surface area contributed by atoms with Gasteiger partial charge in [-0.1, -0.05) is 40.2 Å². The van der Waals surface area contributed by atoms with Gasteiger partial charge in [-0.05, 0) is 24.3 Å². The fourth-order valence-corrected chi connectivity index (χ4v) is 2.93. The van der Waals surface area contributed by atoms with E-state index in [4.69, 9.17) is 0 Å². The van der Waals surface area contributed by atoms with Crippen LogP contribution >= 0.6 is 15.9 Å². The van der Waals surface area contributed by atoms with E-state index >= 15 is 0 Å². The first-order valence-corrected chi connectivity index (χ1v) is 8.56. The summed E-state index contributed by atoms with van der Waals surface area (Å²) in [5, 5.41) is 10.1. The summed E-state index contributed by atoms with van der Waals surface area (Å²) < 4.78 is 1.82. The van der Waals surface area contributed by atoms with Crippen molar-refractivity contribution in [3.05, 3.63) is 69.1 Å². The highest BCUT2D eigenvalue weighted by Crippen LogP contribution is 2.16. The quantitative estimate of drug-likeness (QED) is 0.683. The van der Waals surface area contributed by atoms with E-state index in [2.05, 4.69) is 31.7 Å². The van der Waals surface area contributed by atoms with Crippen molar-refractivity contribution in [2.45, 2.75) is 6.54 Å². The molecular weight excluding hydrogens is 400 g/mol. The SMILES string of the molecule is CNC(=O)c1nn(CC(=O)Nc2cccc(Br)c2)c(=O)c2ccccc12. The minimum atomic E-state index is -0.433. The molecule has 0 radical (unpaired) electrons. The highest BCUT2D eigenvalue weighted by Gasteiger charge is 2.17. The second-order valence-corrected chi connectivity index (χ2v) is 6.41. The Hall–Kier alpha value is -3.00. The Balaban J connectivity index is 1.97. The van der Waals surface area contributed by atoms with Crippen LogP contribution in [0.15, 0.2) is 57.8 Å². The van der Waals surface area contributed by atoms with Crippen molar-refractivity contribution in [1.82, 2.24) is 15.1 Å². The lowest BCUT2D eigenvalue weighted by molar-refractivity contribution is -0.117. The lowest BCUT2D eigenvalue weighted by Gasteiger charge is -2.10. The van der Waals surface area contributed by atoms with Gasteiger partial charge in [-0.25, -0.2) is 4.68 Å². The number of aromatic nitrogens is 2. The zero-order valence-corrected chi connectivity index (χ0v) is 15.4. The maximum Gasteiger partial charge on any atom is 0.275 e. The predicted octanol–water partition coefficient (Wildman–Crippen LogP) is 2.16. The molecule has 132 valence electrons. The lowest BCUT2D eigenvalue weighted by atomic mass is 10.1. The average molecular weight is 415 g/mol. The van der Waals surface area contributed by atoms with E-state index in [1.807, 2.05) is 6.07 Å². The molecule has 8 heteroatoms. The number of rotatable bonds is 4. The van der Waals surface area contributed by atoms with Crippen molar-refractivity contribution in [3.63, 3.8) is 0 Å². The fourth-order valence-electron chi connectivity index (χ4n) is 2.53. The maximum atomic E-state index is 12.6. The van der Waals surface area contributed by atoms with Gasteiger partial charge in [-0.15, -0.1) is 0 Å². The number of carbonyl (C=O) groups excluding carboxylic acids is 2. The Bertz CT molecular complexity index is 1060. The predicted molar refractivity (Wildman–Crippen MR) is 102 cm³/mol. The van der Waals surface area contributed by atoms with Crippen LogP contribution in [0.25, 0.3) is 10.8 Å². The van der Waals surface area contributed by atoms with Gasteiger partial charge < -0.3 is 10.6 Å². The maximum absolute atomic E-state index is 12.6. The molecule has 26 heavy (non-hydrogen) atoms. The Morgan fingerprint density at radius 3 is 2.54 bits per heavy atom. The second kappa shape index (κ2) is 7.49. The summed E-state index contributed by atoms with van der Waals surface area (Å²) in [5.41, 5.74) is 0.250. The van der Waals surface area contributed by atoms with E-state index in [9.17, 15) is 14.4 Å². The molecule has 0 saturated carbocycles. The molecule has 0 fully saturated rings. The van der Waals surface area contributed by atoms with Crippen LogP contribution in [0.1, 0.15) is 10.5 Å². The van der Waals surface area contributed by atoms with Crippen LogP contribution in [0.2, 0.25) is 0 Å². The smallest absolute Gasteiger partial charge is 0.275 e. The van der Waals surface area contributed by atoms with Gasteiger partial charge in [0.1, 0.15) is 6.54 Å². The standard InChI is InChI=1S/C18H15BrN4O3/c1-20-17(25)16-13-7-2-3-8-14(13)18(26)23(22-16)10-15(24)21-12-6-4-5-11(19)9-12/h2-9H,10H2,1H3,(H,20,25)(H,21,24). The molecule has 1 heterocycles. The molecule has 0 atom stereocenters. The van der Waals surface area contributed by atoms with E-state index in [0.29, 0.717) is 16.5 Å². The van der Waals surface area contributed by atoms with Gasteiger partial charge in [0, 0.05) is 22.6 Å². The molecule has 3 aromatic rings. The van der Waals surface area contributed by atoms with Crippen LogP contribution in [0.5, 0.6) is 0 Å². The lowest BCUT2D eigenvalue weighted by Crippen LogP contribution is -2.33. The van der Waals surface area contributed by atoms with Crippen LogP contribution < -0.4 is 16.2 Å². The van der Waals surface area contributed by atoms with Crippen LogP contribution in [-0.2, 0) is 11.3 Å². The highest BCUT2D eigenvalue weighted by molar-refractivity contribution is 9.10. The summed E-state index contributed by atoms with van der Waals surface area (Å²) in [5.74, 6) is -0.849. The van der Waals surface area contributed by atoms with Gasteiger partial charge in [0.05, 0.1) is 5.39 Å². The number of fused-ring (bicyclic) bond motifs is 1. The Labute approximate surface area is 157 Å². The average Bonchev–Trinajstić information content (AvgIpc) is 2.63. The van der Waals surface area contributed by atoms with Gasteiger partial charge in [-0.2, -0.15) is 5.10 Å². The molecule has 1 aromatic heterocycles. The normalized spacial score (nSPS) is 10.5. The third kappa shape index (κ3) is 3.65. The van der Waals surface area contributed by atoms with Gasteiger partial charge >= 0.3 is 0 Å². The number of halogens is 1. The zero-order chi connectivity index (χ0) is 18.7. The minimum absolute atomic E-state index is 0.0953. The Morgan fingerprint density at radius 1 is 1.12 bits per heavy atom. The van der Waals surface area contributed by atoms with Crippen molar-refractivity contribution in [3.8, 4) is 0 Å². The topological polar surface area (TPSA) is 93.1 Å². The van der Waals surface area contributed by atoms with E-state index in [1.54, 1.807) is 42.5 Å². The summed E-state index contributed by atoms with van der Waals surface area (Å²) in [7, 11) is 1.48. The van der Waals surface area contributed by atoms with Crippen molar-refractivity contribution in [2.75, 3.05) is 12.4 Å².